The highest BCUT2D eigenvalue weighted by Gasteiger charge is 2.27. The van der Waals surface area contributed by atoms with Crippen LogP contribution in [0.2, 0.25) is 5.02 Å². The highest BCUT2D eigenvalue weighted by Crippen LogP contribution is 2.28. The molecule has 0 aliphatic carbocycles. The zero-order valence-electron chi connectivity index (χ0n) is 11.5. The van der Waals surface area contributed by atoms with Crippen LogP contribution in [0.5, 0.6) is 5.75 Å². The molecular formula is C13H15ClN4O2S. The van der Waals surface area contributed by atoms with Gasteiger partial charge < -0.3 is 14.4 Å². The second kappa shape index (κ2) is 6.55. The van der Waals surface area contributed by atoms with Crippen molar-refractivity contribution in [2.45, 2.75) is 19.1 Å². The Hall–Kier alpha value is -1.44. The normalized spacial score (nSPS) is 18.2. The van der Waals surface area contributed by atoms with Crippen LogP contribution in [-0.4, -0.2) is 40.6 Å². The van der Waals surface area contributed by atoms with Crippen molar-refractivity contribution < 1.29 is 9.47 Å². The van der Waals surface area contributed by atoms with Crippen LogP contribution < -0.4 is 9.64 Å². The quantitative estimate of drug-likeness (QED) is 0.841. The number of anilines is 1. The molecule has 3 rings (SSSR count). The molecule has 1 atom stereocenters. The third-order valence-electron chi connectivity index (χ3n) is 3.18. The molecule has 1 aliphatic heterocycles. The van der Waals surface area contributed by atoms with Crippen molar-refractivity contribution in [3.63, 3.8) is 0 Å². The maximum Gasteiger partial charge on any atom is 0.205 e. The van der Waals surface area contributed by atoms with Gasteiger partial charge in [-0.3, -0.25) is 4.98 Å². The summed E-state index contributed by atoms with van der Waals surface area (Å²) in [5.41, 5.74) is 0. The van der Waals surface area contributed by atoms with Gasteiger partial charge in [-0.2, -0.15) is 4.37 Å². The first kappa shape index (κ1) is 14.5. The molecule has 0 N–H and O–H groups in total. The fraction of sp³-hybridized carbons (Fsp3) is 0.462. The van der Waals surface area contributed by atoms with Gasteiger partial charge in [0.15, 0.2) is 5.82 Å². The molecule has 2 aromatic rings. The Bertz CT molecular complexity index is 609. The molecular weight excluding hydrogens is 312 g/mol. The highest BCUT2D eigenvalue weighted by molar-refractivity contribution is 7.09. The molecule has 0 radical (unpaired) electrons. The number of methoxy groups -OCH3 is 1. The number of nitrogens with zero attached hydrogens (tertiary/aromatic N) is 4. The lowest BCUT2D eigenvalue weighted by Gasteiger charge is -2.16. The molecule has 6 nitrogen and oxygen atoms in total. The van der Waals surface area contributed by atoms with Crippen LogP contribution in [0.25, 0.3) is 0 Å². The van der Waals surface area contributed by atoms with Crippen LogP contribution in [-0.2, 0) is 11.3 Å². The fourth-order valence-electron chi connectivity index (χ4n) is 2.20. The first-order chi connectivity index (χ1) is 10.3. The minimum absolute atomic E-state index is 0.0969. The Kier molecular flexibility index (Phi) is 4.52. The lowest BCUT2D eigenvalue weighted by molar-refractivity contribution is 0.179. The summed E-state index contributed by atoms with van der Waals surface area (Å²) in [6.07, 6.45) is 4.29. The van der Waals surface area contributed by atoms with Gasteiger partial charge in [-0.05, 0) is 0 Å². The maximum absolute atomic E-state index is 6.06. The molecule has 0 amide bonds. The fourth-order valence-corrected chi connectivity index (χ4v) is 3.07. The van der Waals surface area contributed by atoms with E-state index in [0.29, 0.717) is 17.4 Å². The van der Waals surface area contributed by atoms with E-state index in [9.17, 15) is 0 Å². The molecule has 8 heteroatoms. The Morgan fingerprint density at radius 2 is 2.43 bits per heavy atom. The van der Waals surface area contributed by atoms with Crippen LogP contribution >= 0.6 is 23.1 Å². The topological polar surface area (TPSA) is 60.4 Å². The lowest BCUT2D eigenvalue weighted by atomic mass is 10.3. The van der Waals surface area contributed by atoms with Gasteiger partial charge in [0.05, 0.1) is 6.54 Å². The van der Waals surface area contributed by atoms with E-state index in [0.717, 1.165) is 30.5 Å². The number of ether oxygens (including phenoxy) is 2. The molecule has 0 aromatic carbocycles. The summed E-state index contributed by atoms with van der Waals surface area (Å²) in [7, 11) is 1.64. The second-order valence-electron chi connectivity index (χ2n) is 4.71. The number of pyridine rings is 1. The summed E-state index contributed by atoms with van der Waals surface area (Å²) in [4.78, 5) is 10.6. The van der Waals surface area contributed by atoms with Gasteiger partial charge in [-0.15, -0.1) is 0 Å². The number of aromatic nitrogens is 3. The van der Waals surface area contributed by atoms with E-state index in [2.05, 4.69) is 19.2 Å². The maximum atomic E-state index is 6.06. The van der Waals surface area contributed by atoms with Gasteiger partial charge in [-0.25, -0.2) is 4.98 Å². The first-order valence-corrected chi connectivity index (χ1v) is 7.74. The van der Waals surface area contributed by atoms with Gasteiger partial charge in [0, 0.05) is 50.1 Å². The predicted octanol–water partition coefficient (Wildman–Crippen LogP) is 2.39. The van der Waals surface area contributed by atoms with Crippen molar-refractivity contribution in [3.05, 3.63) is 29.3 Å². The SMILES string of the molecule is COCc1nsc(N2CCC(Oc3ccncc3Cl)C2)n1. The number of rotatable bonds is 5. The van der Waals surface area contributed by atoms with E-state index >= 15 is 0 Å². The van der Waals surface area contributed by atoms with Crippen LogP contribution in [0.4, 0.5) is 5.13 Å². The van der Waals surface area contributed by atoms with E-state index in [1.165, 1.54) is 11.5 Å². The summed E-state index contributed by atoms with van der Waals surface area (Å²) in [6.45, 7) is 2.12. The molecule has 0 bridgehead atoms. The minimum atomic E-state index is 0.0969. The van der Waals surface area contributed by atoms with Crippen LogP contribution in [0, 0.1) is 0 Å². The van der Waals surface area contributed by atoms with E-state index in [1.807, 2.05) is 0 Å². The summed E-state index contributed by atoms with van der Waals surface area (Å²) in [5.74, 6) is 1.40. The van der Waals surface area contributed by atoms with Crippen LogP contribution in [0.15, 0.2) is 18.5 Å². The largest absolute Gasteiger partial charge is 0.487 e. The molecule has 1 saturated heterocycles. The second-order valence-corrected chi connectivity index (χ2v) is 5.84. The average molecular weight is 327 g/mol. The Balaban J connectivity index is 1.61. The monoisotopic (exact) mass is 326 g/mol. The molecule has 1 fully saturated rings. The number of hydrogen-bond donors (Lipinski definition) is 0. The number of hydrogen-bond acceptors (Lipinski definition) is 7. The van der Waals surface area contributed by atoms with E-state index < -0.39 is 0 Å². The summed E-state index contributed by atoms with van der Waals surface area (Å²) < 4.78 is 15.2. The van der Waals surface area contributed by atoms with E-state index in [4.69, 9.17) is 21.1 Å². The molecule has 112 valence electrons. The first-order valence-electron chi connectivity index (χ1n) is 6.59. The summed E-state index contributed by atoms with van der Waals surface area (Å²) in [6, 6.07) is 1.78. The van der Waals surface area contributed by atoms with Gasteiger partial charge in [0.25, 0.3) is 0 Å². The van der Waals surface area contributed by atoms with Gasteiger partial charge in [-0.1, -0.05) is 11.6 Å². The van der Waals surface area contributed by atoms with E-state index in [1.54, 1.807) is 25.6 Å². The zero-order valence-corrected chi connectivity index (χ0v) is 13.1. The van der Waals surface area contributed by atoms with Gasteiger partial charge in [0.1, 0.15) is 23.5 Å². The molecule has 2 aromatic heterocycles. The molecule has 3 heterocycles. The highest BCUT2D eigenvalue weighted by atomic mass is 35.5. The van der Waals surface area contributed by atoms with Crippen molar-refractivity contribution in [3.8, 4) is 5.75 Å². The molecule has 21 heavy (non-hydrogen) atoms. The standard InChI is InChI=1S/C13H15ClN4O2S/c1-19-8-12-16-13(21-17-12)18-5-3-9(7-18)20-11-2-4-15-6-10(11)14/h2,4,6,9H,3,5,7-8H2,1H3. The zero-order chi connectivity index (χ0) is 14.7. The van der Waals surface area contributed by atoms with Gasteiger partial charge in [0.2, 0.25) is 5.13 Å². The molecule has 0 saturated carbocycles. The van der Waals surface area contributed by atoms with Crippen LogP contribution in [0.3, 0.4) is 0 Å². The average Bonchev–Trinajstić information content (AvgIpc) is 3.11. The van der Waals surface area contributed by atoms with Crippen molar-refractivity contribution in [2.24, 2.45) is 0 Å². The van der Waals surface area contributed by atoms with Crippen molar-refractivity contribution >= 4 is 28.3 Å². The Morgan fingerprint density at radius 3 is 3.24 bits per heavy atom. The molecule has 1 aliphatic rings. The Labute approximate surface area is 131 Å². The smallest absolute Gasteiger partial charge is 0.205 e. The summed E-state index contributed by atoms with van der Waals surface area (Å²) in [5, 5.41) is 1.45. The third kappa shape index (κ3) is 3.42. The minimum Gasteiger partial charge on any atom is -0.487 e. The molecule has 0 spiro atoms. The van der Waals surface area contributed by atoms with Gasteiger partial charge >= 0.3 is 0 Å². The lowest BCUT2D eigenvalue weighted by Crippen LogP contribution is -2.24. The number of halogens is 1. The van der Waals surface area contributed by atoms with Crippen molar-refractivity contribution in [1.82, 2.24) is 14.3 Å². The van der Waals surface area contributed by atoms with Crippen LogP contribution in [0.1, 0.15) is 12.2 Å². The predicted molar refractivity (Wildman–Crippen MR) is 81.1 cm³/mol. The third-order valence-corrected chi connectivity index (χ3v) is 4.27. The summed E-state index contributed by atoms with van der Waals surface area (Å²) >= 11 is 7.45. The molecule has 1 unspecified atom stereocenters. The van der Waals surface area contributed by atoms with Crippen molar-refractivity contribution in [1.29, 1.82) is 0 Å². The Morgan fingerprint density at radius 1 is 1.52 bits per heavy atom. The van der Waals surface area contributed by atoms with Crippen molar-refractivity contribution in [2.75, 3.05) is 25.1 Å². The van der Waals surface area contributed by atoms with E-state index in [-0.39, 0.29) is 6.10 Å².